The molecule has 0 radical (unpaired) electrons. The topological polar surface area (TPSA) is 29.1 Å². The summed E-state index contributed by atoms with van der Waals surface area (Å²) in [5.41, 5.74) is 1.29. The molecule has 0 aliphatic heterocycles. The van der Waals surface area contributed by atoms with Crippen LogP contribution in [0.5, 0.6) is 0 Å². The lowest BCUT2D eigenvalue weighted by Crippen LogP contribution is -2.28. The van der Waals surface area contributed by atoms with E-state index in [0.29, 0.717) is 11.8 Å². The third-order valence-electron chi connectivity index (χ3n) is 2.60. The van der Waals surface area contributed by atoms with Crippen LogP contribution in [0.15, 0.2) is 30.3 Å². The third kappa shape index (κ3) is 3.74. The van der Waals surface area contributed by atoms with Gasteiger partial charge in [-0.1, -0.05) is 44.2 Å². The predicted molar refractivity (Wildman–Crippen MR) is 62.7 cm³/mol. The van der Waals surface area contributed by atoms with Crippen molar-refractivity contribution in [2.24, 2.45) is 5.92 Å². The lowest BCUT2D eigenvalue weighted by Gasteiger charge is -2.21. The summed E-state index contributed by atoms with van der Waals surface area (Å²) in [5, 5.41) is 2.89. The Balaban J connectivity index is 2.70. The maximum absolute atomic E-state index is 10.9. The van der Waals surface area contributed by atoms with Gasteiger partial charge < -0.3 is 5.32 Å². The summed E-state index contributed by atoms with van der Waals surface area (Å²) in [6, 6.07) is 10.3. The van der Waals surface area contributed by atoms with Crippen LogP contribution in [0.3, 0.4) is 0 Å². The molecule has 0 saturated carbocycles. The van der Waals surface area contributed by atoms with Crippen molar-refractivity contribution in [1.82, 2.24) is 5.32 Å². The van der Waals surface area contributed by atoms with Crippen molar-refractivity contribution < 1.29 is 4.79 Å². The highest BCUT2D eigenvalue weighted by Crippen LogP contribution is 2.23. The fourth-order valence-corrected chi connectivity index (χ4v) is 1.69. The van der Waals surface area contributed by atoms with Gasteiger partial charge in [-0.05, 0) is 11.5 Å². The molecule has 0 aliphatic carbocycles. The average Bonchev–Trinajstić information content (AvgIpc) is 2.18. The number of carbonyl (C=O) groups is 1. The second-order valence-electron chi connectivity index (χ2n) is 4.20. The minimum absolute atomic E-state index is 0.0385. The van der Waals surface area contributed by atoms with Gasteiger partial charge in [0.2, 0.25) is 5.91 Å². The zero-order chi connectivity index (χ0) is 11.3. The Labute approximate surface area is 91.7 Å². The van der Waals surface area contributed by atoms with Crippen molar-refractivity contribution in [3.05, 3.63) is 35.9 Å². The first-order valence-corrected chi connectivity index (χ1v) is 5.40. The SMILES string of the molecule is CC(=O)NC[C@@H](c1ccccc1)C(C)C. The molecule has 2 nitrogen and oxygen atoms in total. The van der Waals surface area contributed by atoms with Crippen molar-refractivity contribution >= 4 is 5.91 Å². The monoisotopic (exact) mass is 205 g/mol. The molecule has 0 unspecified atom stereocenters. The first-order chi connectivity index (χ1) is 7.11. The fraction of sp³-hybridized carbons (Fsp3) is 0.462. The second kappa shape index (κ2) is 5.54. The molecular formula is C13H19NO. The molecule has 0 heterocycles. The molecule has 0 fully saturated rings. The van der Waals surface area contributed by atoms with Crippen LogP contribution < -0.4 is 5.32 Å². The molecule has 0 saturated heterocycles. The van der Waals surface area contributed by atoms with Gasteiger partial charge in [-0.3, -0.25) is 4.79 Å². The molecule has 1 aromatic carbocycles. The Hall–Kier alpha value is -1.31. The highest BCUT2D eigenvalue weighted by atomic mass is 16.1. The van der Waals surface area contributed by atoms with Crippen LogP contribution in [0.2, 0.25) is 0 Å². The molecule has 0 bridgehead atoms. The van der Waals surface area contributed by atoms with E-state index in [-0.39, 0.29) is 5.91 Å². The predicted octanol–water partition coefficient (Wildman–Crippen LogP) is 2.56. The maximum atomic E-state index is 10.9. The maximum Gasteiger partial charge on any atom is 0.216 e. The van der Waals surface area contributed by atoms with E-state index < -0.39 is 0 Å². The molecule has 1 N–H and O–H groups in total. The first-order valence-electron chi connectivity index (χ1n) is 5.40. The molecule has 0 spiro atoms. The molecule has 1 rings (SSSR count). The van der Waals surface area contributed by atoms with Crippen LogP contribution in [0, 0.1) is 5.92 Å². The summed E-state index contributed by atoms with van der Waals surface area (Å²) in [6.07, 6.45) is 0. The quantitative estimate of drug-likeness (QED) is 0.804. The van der Waals surface area contributed by atoms with Crippen molar-refractivity contribution in [3.8, 4) is 0 Å². The van der Waals surface area contributed by atoms with E-state index in [4.69, 9.17) is 0 Å². The van der Waals surface area contributed by atoms with Gasteiger partial charge in [-0.25, -0.2) is 0 Å². The summed E-state index contributed by atoms with van der Waals surface area (Å²) < 4.78 is 0. The van der Waals surface area contributed by atoms with Crippen molar-refractivity contribution in [2.75, 3.05) is 6.54 Å². The number of benzene rings is 1. The van der Waals surface area contributed by atoms with Crippen LogP contribution in [0.1, 0.15) is 32.3 Å². The van der Waals surface area contributed by atoms with E-state index in [0.717, 1.165) is 6.54 Å². The Kier molecular flexibility index (Phi) is 4.35. The molecule has 15 heavy (non-hydrogen) atoms. The highest BCUT2D eigenvalue weighted by molar-refractivity contribution is 5.72. The Morgan fingerprint density at radius 2 is 1.87 bits per heavy atom. The number of nitrogens with one attached hydrogen (secondary N) is 1. The first kappa shape index (κ1) is 11.8. The van der Waals surface area contributed by atoms with Gasteiger partial charge in [0.1, 0.15) is 0 Å². The smallest absolute Gasteiger partial charge is 0.216 e. The zero-order valence-electron chi connectivity index (χ0n) is 9.66. The van der Waals surface area contributed by atoms with E-state index in [1.165, 1.54) is 5.56 Å². The molecule has 1 aromatic rings. The van der Waals surface area contributed by atoms with Crippen LogP contribution >= 0.6 is 0 Å². The van der Waals surface area contributed by atoms with Gasteiger partial charge >= 0.3 is 0 Å². The van der Waals surface area contributed by atoms with Gasteiger partial charge in [0.25, 0.3) is 0 Å². The number of carbonyl (C=O) groups excluding carboxylic acids is 1. The third-order valence-corrected chi connectivity index (χ3v) is 2.60. The van der Waals surface area contributed by atoms with Crippen LogP contribution in [0.25, 0.3) is 0 Å². The van der Waals surface area contributed by atoms with Gasteiger partial charge in [0.15, 0.2) is 0 Å². The zero-order valence-corrected chi connectivity index (χ0v) is 9.66. The van der Waals surface area contributed by atoms with Gasteiger partial charge in [-0.15, -0.1) is 0 Å². The Morgan fingerprint density at radius 3 is 2.33 bits per heavy atom. The summed E-state index contributed by atoms with van der Waals surface area (Å²) >= 11 is 0. The van der Waals surface area contributed by atoms with Crippen molar-refractivity contribution in [3.63, 3.8) is 0 Å². The van der Waals surface area contributed by atoms with Gasteiger partial charge in [0.05, 0.1) is 0 Å². The highest BCUT2D eigenvalue weighted by Gasteiger charge is 2.15. The van der Waals surface area contributed by atoms with Crippen molar-refractivity contribution in [1.29, 1.82) is 0 Å². The minimum Gasteiger partial charge on any atom is -0.356 e. The van der Waals surface area contributed by atoms with Gasteiger partial charge in [-0.2, -0.15) is 0 Å². The molecule has 0 aliphatic rings. The Bertz CT molecular complexity index is 306. The molecule has 1 amide bonds. The van der Waals surface area contributed by atoms with Crippen LogP contribution in [0.4, 0.5) is 0 Å². The normalized spacial score (nSPS) is 12.5. The van der Waals surface area contributed by atoms with Crippen LogP contribution in [-0.4, -0.2) is 12.5 Å². The van der Waals surface area contributed by atoms with E-state index in [1.807, 2.05) is 18.2 Å². The molecule has 0 aromatic heterocycles. The number of hydrogen-bond donors (Lipinski definition) is 1. The van der Waals surface area contributed by atoms with Crippen molar-refractivity contribution in [2.45, 2.75) is 26.7 Å². The second-order valence-corrected chi connectivity index (χ2v) is 4.20. The summed E-state index contributed by atoms with van der Waals surface area (Å²) in [6.45, 7) is 6.64. The lowest BCUT2D eigenvalue weighted by atomic mass is 9.88. The van der Waals surface area contributed by atoms with E-state index in [1.54, 1.807) is 6.92 Å². The molecule has 1 atom stereocenters. The molecule has 82 valence electrons. The number of hydrogen-bond acceptors (Lipinski definition) is 1. The number of rotatable bonds is 4. The largest absolute Gasteiger partial charge is 0.356 e. The van der Waals surface area contributed by atoms with E-state index in [2.05, 4.69) is 31.3 Å². The Morgan fingerprint density at radius 1 is 1.27 bits per heavy atom. The summed E-state index contributed by atoms with van der Waals surface area (Å²) in [7, 11) is 0. The van der Waals surface area contributed by atoms with Crippen LogP contribution in [-0.2, 0) is 4.79 Å². The standard InChI is InChI=1S/C13H19NO/c1-10(2)13(9-14-11(3)15)12-7-5-4-6-8-12/h4-8,10,13H,9H2,1-3H3,(H,14,15)/t13-/m1/s1. The van der Waals surface area contributed by atoms with E-state index >= 15 is 0 Å². The van der Waals surface area contributed by atoms with Gasteiger partial charge in [0, 0.05) is 19.4 Å². The average molecular weight is 205 g/mol. The summed E-state index contributed by atoms with van der Waals surface area (Å²) in [4.78, 5) is 10.9. The molecular weight excluding hydrogens is 186 g/mol. The van der Waals surface area contributed by atoms with E-state index in [9.17, 15) is 4.79 Å². The fourth-order valence-electron chi connectivity index (χ4n) is 1.69. The minimum atomic E-state index is 0.0385. The lowest BCUT2D eigenvalue weighted by molar-refractivity contribution is -0.119. The summed E-state index contributed by atoms with van der Waals surface area (Å²) in [5.74, 6) is 0.964. The number of amides is 1. The molecule has 2 heteroatoms.